The van der Waals surface area contributed by atoms with E-state index in [-0.39, 0.29) is 10.8 Å². The smallest absolute Gasteiger partial charge is 0.0660 e. The van der Waals surface area contributed by atoms with Crippen LogP contribution in [0.15, 0.2) is 0 Å². The Kier molecular flexibility index (Phi) is 2.58. The van der Waals surface area contributed by atoms with Crippen molar-refractivity contribution in [2.24, 2.45) is 16.7 Å². The van der Waals surface area contributed by atoms with Crippen LogP contribution in [-0.2, 0) is 0 Å². The Bertz CT molecular complexity index is 167. The Hall–Kier alpha value is 0.0249. The Balaban J connectivity index is 2.84. The lowest BCUT2D eigenvalue weighted by molar-refractivity contribution is 0.0691. The molecule has 2 atom stereocenters. The van der Waals surface area contributed by atoms with Gasteiger partial charge in [-0.3, -0.25) is 0 Å². The molecule has 1 rings (SSSR count). The minimum Gasteiger partial charge on any atom is -0.396 e. The molecule has 1 nitrogen and oxygen atoms in total. The van der Waals surface area contributed by atoms with Crippen LogP contribution in [0, 0.1) is 16.7 Å². The molecule has 0 aromatic rings. The van der Waals surface area contributed by atoms with E-state index in [9.17, 15) is 5.11 Å². The predicted molar refractivity (Wildman–Crippen MR) is 52.3 cm³/mol. The Morgan fingerprint density at radius 3 is 2.25 bits per heavy atom. The van der Waals surface area contributed by atoms with E-state index in [0.29, 0.717) is 12.5 Å². The molecule has 1 N–H and O–H groups in total. The van der Waals surface area contributed by atoms with Crippen molar-refractivity contribution in [2.45, 2.75) is 39.9 Å². The first kappa shape index (κ1) is 10.1. The van der Waals surface area contributed by atoms with E-state index < -0.39 is 0 Å². The van der Waals surface area contributed by atoms with Crippen molar-refractivity contribution in [3.63, 3.8) is 0 Å². The maximum absolute atomic E-state index is 9.19. The van der Waals surface area contributed by atoms with E-state index in [1.807, 2.05) is 0 Å². The third-order valence-corrected chi connectivity index (χ3v) is 4.29. The van der Waals surface area contributed by atoms with Gasteiger partial charge in [0.15, 0.2) is 0 Å². The van der Waals surface area contributed by atoms with E-state index in [1.54, 1.807) is 0 Å². The first-order valence-corrected chi connectivity index (χ1v) is 4.79. The zero-order valence-corrected chi connectivity index (χ0v) is 8.43. The van der Waals surface area contributed by atoms with Crippen LogP contribution in [0.3, 0.4) is 0 Å². The summed E-state index contributed by atoms with van der Waals surface area (Å²) in [7, 11) is 5.78. The maximum Gasteiger partial charge on any atom is 0.0660 e. The third kappa shape index (κ3) is 1.21. The molecule has 2 radical (unpaired) electrons. The third-order valence-electron chi connectivity index (χ3n) is 4.29. The number of rotatable bonds is 2. The largest absolute Gasteiger partial charge is 0.396 e. The summed E-state index contributed by atoms with van der Waals surface area (Å²) in [4.78, 5) is 0. The first-order chi connectivity index (χ1) is 5.48. The van der Waals surface area contributed by atoms with Crippen LogP contribution in [0.4, 0.5) is 0 Å². The van der Waals surface area contributed by atoms with E-state index >= 15 is 0 Å². The van der Waals surface area contributed by atoms with Crippen molar-refractivity contribution in [3.05, 3.63) is 0 Å². The number of hydrogen-bond acceptors (Lipinski definition) is 1. The summed E-state index contributed by atoms with van der Waals surface area (Å²) in [5, 5.41) is 9.19. The number of aliphatic hydroxyl groups excluding tert-OH is 1. The van der Waals surface area contributed by atoms with Crippen LogP contribution in [0.25, 0.3) is 0 Å². The highest BCUT2D eigenvalue weighted by Gasteiger charge is 2.49. The van der Waals surface area contributed by atoms with Gasteiger partial charge >= 0.3 is 0 Å². The van der Waals surface area contributed by atoms with Gasteiger partial charge in [-0.1, -0.05) is 27.1 Å². The Morgan fingerprint density at radius 1 is 1.42 bits per heavy atom. The van der Waals surface area contributed by atoms with Crippen LogP contribution < -0.4 is 0 Å². The normalized spacial score (nSPS) is 40.2. The van der Waals surface area contributed by atoms with Gasteiger partial charge in [0, 0.05) is 6.61 Å². The van der Waals surface area contributed by atoms with Gasteiger partial charge in [0.05, 0.1) is 7.85 Å². The molecule has 0 aromatic heterocycles. The minimum atomic E-state index is 0.191. The molecule has 0 amide bonds. The fourth-order valence-corrected chi connectivity index (χ4v) is 2.35. The fourth-order valence-electron chi connectivity index (χ4n) is 2.35. The van der Waals surface area contributed by atoms with E-state index in [4.69, 9.17) is 7.85 Å². The molecule has 0 bridgehead atoms. The molecule has 1 aliphatic carbocycles. The van der Waals surface area contributed by atoms with Gasteiger partial charge in [0.25, 0.3) is 0 Å². The van der Waals surface area contributed by atoms with Gasteiger partial charge in [0.1, 0.15) is 0 Å². The Labute approximate surface area is 77.0 Å². The topological polar surface area (TPSA) is 20.2 Å². The lowest BCUT2D eigenvalue weighted by atomic mass is 9.61. The number of hydrogen-bond donors (Lipinski definition) is 1. The second-order valence-corrected chi connectivity index (χ2v) is 4.90. The molecule has 0 aromatic carbocycles. The zero-order chi connectivity index (χ0) is 9.41. The quantitative estimate of drug-likeness (QED) is 0.622. The Morgan fingerprint density at radius 2 is 2.00 bits per heavy atom. The minimum absolute atomic E-state index is 0.191. The molecule has 0 saturated heterocycles. The molecule has 0 heterocycles. The summed E-state index contributed by atoms with van der Waals surface area (Å²) in [5.74, 6) is 0.436. The fraction of sp³-hybridized carbons (Fsp3) is 1.00. The van der Waals surface area contributed by atoms with Crippen molar-refractivity contribution in [2.75, 3.05) is 6.61 Å². The summed E-state index contributed by atoms with van der Waals surface area (Å²) >= 11 is 0. The van der Waals surface area contributed by atoms with Crippen molar-refractivity contribution in [1.82, 2.24) is 0 Å². The maximum atomic E-state index is 9.19. The van der Waals surface area contributed by atoms with Crippen molar-refractivity contribution < 1.29 is 5.11 Å². The molecule has 1 aliphatic rings. The van der Waals surface area contributed by atoms with Crippen molar-refractivity contribution >= 4 is 7.85 Å². The molecule has 2 heteroatoms. The molecular weight excluding hydrogens is 147 g/mol. The summed E-state index contributed by atoms with van der Waals surface area (Å²) in [6.07, 6.45) is 3.01. The molecule has 0 spiro atoms. The van der Waals surface area contributed by atoms with Crippen molar-refractivity contribution in [1.29, 1.82) is 0 Å². The van der Waals surface area contributed by atoms with Crippen LogP contribution in [0.2, 0.25) is 6.32 Å². The van der Waals surface area contributed by atoms with Gasteiger partial charge in [0.2, 0.25) is 0 Å². The molecule has 68 valence electrons. The molecule has 0 aliphatic heterocycles. The highest BCUT2D eigenvalue weighted by Crippen LogP contribution is 2.57. The summed E-state index contributed by atoms with van der Waals surface area (Å²) < 4.78 is 0. The summed E-state index contributed by atoms with van der Waals surface area (Å²) in [6, 6.07) is 0. The first-order valence-electron chi connectivity index (χ1n) is 4.79. The average Bonchev–Trinajstić information content (AvgIpc) is 2.25. The van der Waals surface area contributed by atoms with Crippen molar-refractivity contribution in [3.8, 4) is 0 Å². The monoisotopic (exact) mass is 166 g/mol. The highest BCUT2D eigenvalue weighted by molar-refractivity contribution is 6.09. The lowest BCUT2D eigenvalue weighted by Crippen LogP contribution is -2.35. The summed E-state index contributed by atoms with van der Waals surface area (Å²) in [6.45, 7) is 7.01. The molecule has 1 fully saturated rings. The van der Waals surface area contributed by atoms with Gasteiger partial charge in [-0.25, -0.2) is 0 Å². The number of aliphatic hydroxyl groups is 1. The molecule has 12 heavy (non-hydrogen) atoms. The van der Waals surface area contributed by atoms with Crippen LogP contribution in [-0.4, -0.2) is 19.6 Å². The van der Waals surface area contributed by atoms with Crippen LogP contribution >= 0.6 is 0 Å². The van der Waals surface area contributed by atoms with Gasteiger partial charge in [-0.2, -0.15) is 0 Å². The SMILES string of the molecule is [B]C[C@]1(C)CC[C@H](CO)C1(C)C. The van der Waals surface area contributed by atoms with Gasteiger partial charge < -0.3 is 5.11 Å². The zero-order valence-electron chi connectivity index (χ0n) is 8.43. The van der Waals surface area contributed by atoms with Crippen LogP contribution in [0.5, 0.6) is 0 Å². The van der Waals surface area contributed by atoms with Gasteiger partial charge in [-0.15, -0.1) is 0 Å². The predicted octanol–water partition coefficient (Wildman–Crippen LogP) is 2.01. The average molecular weight is 166 g/mol. The highest BCUT2D eigenvalue weighted by atomic mass is 16.3. The molecule has 1 saturated carbocycles. The second kappa shape index (κ2) is 3.06. The standard InChI is InChI=1S/C10H19BO/c1-9(2)8(6-12)4-5-10(9,3)7-11/h8,12H,4-7H2,1-3H3/t8-,10+/m1/s1. The molecule has 0 unspecified atom stereocenters. The van der Waals surface area contributed by atoms with Crippen LogP contribution in [0.1, 0.15) is 33.6 Å². The molecular formula is C10H19BO. The summed E-state index contributed by atoms with van der Waals surface area (Å²) in [5.41, 5.74) is 0.414. The lowest BCUT2D eigenvalue weighted by Gasteiger charge is -2.41. The van der Waals surface area contributed by atoms with E-state index in [2.05, 4.69) is 20.8 Å². The van der Waals surface area contributed by atoms with E-state index in [1.165, 1.54) is 0 Å². The second-order valence-electron chi connectivity index (χ2n) is 4.90. The van der Waals surface area contributed by atoms with Gasteiger partial charge in [-0.05, 0) is 29.6 Å². The van der Waals surface area contributed by atoms with E-state index in [0.717, 1.165) is 19.2 Å².